The molecule has 2 aromatic carbocycles. The molecule has 1 saturated heterocycles. The zero-order valence-corrected chi connectivity index (χ0v) is 18.1. The Labute approximate surface area is 187 Å². The van der Waals surface area contributed by atoms with E-state index in [1.165, 1.54) is 12.1 Å². The second kappa shape index (κ2) is 12.0. The fourth-order valence-corrected chi connectivity index (χ4v) is 3.45. The number of urea groups is 1. The van der Waals surface area contributed by atoms with Gasteiger partial charge in [0.1, 0.15) is 11.6 Å². The van der Waals surface area contributed by atoms with Gasteiger partial charge in [0.05, 0.1) is 32.9 Å². The van der Waals surface area contributed by atoms with Crippen molar-refractivity contribution in [3.05, 3.63) is 65.5 Å². The Morgan fingerprint density at radius 1 is 1.03 bits per heavy atom. The molecule has 1 atom stereocenters. The van der Waals surface area contributed by atoms with Crippen LogP contribution in [0.2, 0.25) is 0 Å². The minimum Gasteiger partial charge on any atom is -0.497 e. The summed E-state index contributed by atoms with van der Waals surface area (Å²) >= 11 is 0. The fourth-order valence-electron chi connectivity index (χ4n) is 3.45. The molecule has 0 bridgehead atoms. The summed E-state index contributed by atoms with van der Waals surface area (Å²) in [7, 11) is 1.62. The number of hydrogen-bond donors (Lipinski definition) is 3. The van der Waals surface area contributed by atoms with Crippen LogP contribution in [0.1, 0.15) is 17.2 Å². The highest BCUT2D eigenvalue weighted by atomic mass is 19.1. The maximum Gasteiger partial charge on any atom is 0.315 e. The van der Waals surface area contributed by atoms with Gasteiger partial charge in [-0.1, -0.05) is 24.3 Å². The number of benzene rings is 2. The molecule has 1 aliphatic heterocycles. The van der Waals surface area contributed by atoms with Gasteiger partial charge in [-0.3, -0.25) is 9.69 Å². The Balaban J connectivity index is 1.47. The van der Waals surface area contributed by atoms with Crippen molar-refractivity contribution in [2.24, 2.45) is 0 Å². The van der Waals surface area contributed by atoms with Gasteiger partial charge in [-0.25, -0.2) is 9.18 Å². The summed E-state index contributed by atoms with van der Waals surface area (Å²) in [6.07, 6.45) is 0. The highest BCUT2D eigenvalue weighted by Gasteiger charge is 2.23. The van der Waals surface area contributed by atoms with Gasteiger partial charge in [0.2, 0.25) is 5.91 Å². The smallest absolute Gasteiger partial charge is 0.315 e. The Morgan fingerprint density at radius 2 is 1.72 bits per heavy atom. The van der Waals surface area contributed by atoms with Gasteiger partial charge in [0.25, 0.3) is 0 Å². The lowest BCUT2D eigenvalue weighted by atomic mass is 10.0. The average Bonchev–Trinajstić information content (AvgIpc) is 2.83. The van der Waals surface area contributed by atoms with Crippen molar-refractivity contribution < 1.29 is 23.5 Å². The molecule has 0 spiro atoms. The standard InChI is InChI=1S/C23H29FN4O4/c1-31-20-8-4-18(5-9-20)21(28-10-12-32-13-11-28)15-25-22(29)16-27-23(30)26-14-17-2-6-19(24)7-3-17/h2-9,21H,10-16H2,1H3,(H,25,29)(H2,26,27,30)/t21-/m0/s1. The molecule has 0 saturated carbocycles. The molecule has 172 valence electrons. The molecule has 0 unspecified atom stereocenters. The molecular formula is C23H29FN4O4. The second-order valence-corrected chi connectivity index (χ2v) is 7.40. The van der Waals surface area contributed by atoms with Gasteiger partial charge < -0.3 is 25.4 Å². The summed E-state index contributed by atoms with van der Waals surface area (Å²) in [6, 6.07) is 13.1. The molecule has 0 aliphatic carbocycles. The lowest BCUT2D eigenvalue weighted by Crippen LogP contribution is -2.46. The summed E-state index contributed by atoms with van der Waals surface area (Å²) < 4.78 is 23.6. The topological polar surface area (TPSA) is 91.9 Å². The summed E-state index contributed by atoms with van der Waals surface area (Å²) in [5.74, 6) is 0.156. The number of hydrogen-bond acceptors (Lipinski definition) is 5. The lowest BCUT2D eigenvalue weighted by Gasteiger charge is -2.35. The Morgan fingerprint density at radius 3 is 2.38 bits per heavy atom. The first kappa shape index (κ1) is 23.5. The Hall–Kier alpha value is -3.17. The molecule has 2 aromatic rings. The molecule has 1 aliphatic rings. The van der Waals surface area contributed by atoms with E-state index < -0.39 is 6.03 Å². The minimum absolute atomic E-state index is 0.0129. The van der Waals surface area contributed by atoms with Crippen molar-refractivity contribution >= 4 is 11.9 Å². The molecule has 0 aromatic heterocycles. The van der Waals surface area contributed by atoms with E-state index in [-0.39, 0.29) is 30.9 Å². The summed E-state index contributed by atoms with van der Waals surface area (Å²) in [5, 5.41) is 8.08. The van der Waals surface area contributed by atoms with Crippen molar-refractivity contribution in [1.29, 1.82) is 0 Å². The maximum absolute atomic E-state index is 12.9. The molecule has 8 nitrogen and oxygen atoms in total. The van der Waals surface area contributed by atoms with E-state index in [0.29, 0.717) is 19.8 Å². The molecule has 1 fully saturated rings. The second-order valence-electron chi connectivity index (χ2n) is 7.40. The molecule has 1 heterocycles. The quantitative estimate of drug-likeness (QED) is 0.549. The van der Waals surface area contributed by atoms with E-state index in [4.69, 9.17) is 9.47 Å². The Kier molecular flexibility index (Phi) is 8.82. The van der Waals surface area contributed by atoms with Gasteiger partial charge in [-0.2, -0.15) is 0 Å². The van der Waals surface area contributed by atoms with Crippen LogP contribution in [0.25, 0.3) is 0 Å². The molecular weight excluding hydrogens is 415 g/mol. The SMILES string of the molecule is COc1ccc([C@H](CNC(=O)CNC(=O)NCc2ccc(F)cc2)N2CCOCC2)cc1. The van der Waals surface area contributed by atoms with Crippen LogP contribution in [0.5, 0.6) is 5.75 Å². The van der Waals surface area contributed by atoms with Gasteiger partial charge in [-0.15, -0.1) is 0 Å². The van der Waals surface area contributed by atoms with Gasteiger partial charge >= 0.3 is 6.03 Å². The van der Waals surface area contributed by atoms with Crippen LogP contribution >= 0.6 is 0 Å². The first-order chi connectivity index (χ1) is 15.5. The summed E-state index contributed by atoms with van der Waals surface area (Å²) in [5.41, 5.74) is 1.83. The molecule has 3 amide bonds. The van der Waals surface area contributed by atoms with E-state index in [2.05, 4.69) is 20.9 Å². The number of nitrogens with one attached hydrogen (secondary N) is 3. The largest absolute Gasteiger partial charge is 0.497 e. The van der Waals surface area contributed by atoms with Crippen LogP contribution in [-0.2, 0) is 16.1 Å². The van der Waals surface area contributed by atoms with Crippen LogP contribution in [0.15, 0.2) is 48.5 Å². The highest BCUT2D eigenvalue weighted by molar-refractivity contribution is 5.83. The van der Waals surface area contributed by atoms with Gasteiger partial charge in [0, 0.05) is 26.2 Å². The van der Waals surface area contributed by atoms with Crippen molar-refractivity contribution in [3.8, 4) is 5.75 Å². The van der Waals surface area contributed by atoms with Crippen molar-refractivity contribution in [2.75, 3.05) is 46.5 Å². The summed E-state index contributed by atoms with van der Waals surface area (Å²) in [6.45, 7) is 3.35. The molecule has 0 radical (unpaired) electrons. The normalized spacial score (nSPS) is 14.9. The third kappa shape index (κ3) is 7.21. The van der Waals surface area contributed by atoms with Gasteiger partial charge in [-0.05, 0) is 35.4 Å². The number of rotatable bonds is 9. The number of halogens is 1. The predicted molar refractivity (Wildman–Crippen MR) is 118 cm³/mol. The monoisotopic (exact) mass is 444 g/mol. The van der Waals surface area contributed by atoms with E-state index in [0.717, 1.165) is 30.0 Å². The van der Waals surface area contributed by atoms with Crippen LogP contribution in [0, 0.1) is 5.82 Å². The zero-order valence-electron chi connectivity index (χ0n) is 18.1. The van der Waals surface area contributed by atoms with Crippen molar-refractivity contribution in [1.82, 2.24) is 20.9 Å². The van der Waals surface area contributed by atoms with E-state index in [1.807, 2.05) is 24.3 Å². The number of ether oxygens (including phenoxy) is 2. The number of nitrogens with zero attached hydrogens (tertiary/aromatic N) is 1. The zero-order chi connectivity index (χ0) is 22.8. The highest BCUT2D eigenvalue weighted by Crippen LogP contribution is 2.23. The molecule has 3 rings (SSSR count). The third-order valence-electron chi connectivity index (χ3n) is 5.26. The molecule has 3 N–H and O–H groups in total. The minimum atomic E-state index is -0.468. The van der Waals surface area contributed by atoms with Gasteiger partial charge in [0.15, 0.2) is 0 Å². The third-order valence-corrected chi connectivity index (χ3v) is 5.26. The van der Waals surface area contributed by atoms with Crippen LogP contribution in [0.3, 0.4) is 0 Å². The summed E-state index contributed by atoms with van der Waals surface area (Å²) in [4.78, 5) is 26.5. The van der Waals surface area contributed by atoms with E-state index in [1.54, 1.807) is 19.2 Å². The van der Waals surface area contributed by atoms with Crippen molar-refractivity contribution in [2.45, 2.75) is 12.6 Å². The first-order valence-electron chi connectivity index (χ1n) is 10.5. The lowest BCUT2D eigenvalue weighted by molar-refractivity contribution is -0.120. The number of methoxy groups -OCH3 is 1. The number of morpholine rings is 1. The number of carbonyl (C=O) groups excluding carboxylic acids is 2. The van der Waals surface area contributed by atoms with E-state index in [9.17, 15) is 14.0 Å². The van der Waals surface area contributed by atoms with Crippen molar-refractivity contribution in [3.63, 3.8) is 0 Å². The van der Waals surface area contributed by atoms with Crippen LogP contribution in [0.4, 0.5) is 9.18 Å². The van der Waals surface area contributed by atoms with Crippen LogP contribution < -0.4 is 20.7 Å². The maximum atomic E-state index is 12.9. The predicted octanol–water partition coefficient (Wildman–Crippen LogP) is 1.82. The molecule has 9 heteroatoms. The molecule has 32 heavy (non-hydrogen) atoms. The first-order valence-corrected chi connectivity index (χ1v) is 10.5. The number of carbonyl (C=O) groups is 2. The van der Waals surface area contributed by atoms with E-state index >= 15 is 0 Å². The average molecular weight is 445 g/mol. The van der Waals surface area contributed by atoms with Crippen LogP contribution in [-0.4, -0.2) is 63.3 Å². The Bertz CT molecular complexity index is 871. The number of amides is 3. The fraction of sp³-hybridized carbons (Fsp3) is 0.391.